The molecule has 1 atom stereocenters. The smallest absolute Gasteiger partial charge is 0.309 e. The standard InChI is InChI=1S/C15H19NO3S/c1-19-14(18)12-9-15(12)3-5-16(6-4-15)13(17)8-11-2-7-20-10-11/h2,7,10,12H,3-6,8-9H2,1H3/t12-/m1/s1. The summed E-state index contributed by atoms with van der Waals surface area (Å²) in [7, 11) is 1.45. The highest BCUT2D eigenvalue weighted by atomic mass is 32.1. The minimum Gasteiger partial charge on any atom is -0.469 e. The molecule has 0 unspecified atom stereocenters. The van der Waals surface area contributed by atoms with E-state index in [0.717, 1.165) is 37.9 Å². The number of carbonyl (C=O) groups is 2. The Balaban J connectivity index is 1.52. The molecule has 3 rings (SSSR count). The highest BCUT2D eigenvalue weighted by molar-refractivity contribution is 7.07. The van der Waals surface area contributed by atoms with Crippen molar-refractivity contribution in [3.8, 4) is 0 Å². The number of hydrogen-bond acceptors (Lipinski definition) is 4. The van der Waals surface area contributed by atoms with Crippen LogP contribution in [0.4, 0.5) is 0 Å². The highest BCUT2D eigenvalue weighted by Gasteiger charge is 2.59. The molecule has 1 saturated carbocycles. The van der Waals surface area contributed by atoms with E-state index in [9.17, 15) is 9.59 Å². The molecule has 2 heterocycles. The largest absolute Gasteiger partial charge is 0.469 e. The van der Waals surface area contributed by atoms with Gasteiger partial charge in [0.25, 0.3) is 0 Å². The van der Waals surface area contributed by atoms with Crippen LogP contribution in [0.15, 0.2) is 16.8 Å². The van der Waals surface area contributed by atoms with Crippen molar-refractivity contribution in [3.63, 3.8) is 0 Å². The van der Waals surface area contributed by atoms with Crippen molar-refractivity contribution in [2.24, 2.45) is 11.3 Å². The molecule has 1 aromatic heterocycles. The summed E-state index contributed by atoms with van der Waals surface area (Å²) in [5, 5.41) is 4.02. The van der Waals surface area contributed by atoms with E-state index >= 15 is 0 Å². The third kappa shape index (κ3) is 2.46. The van der Waals surface area contributed by atoms with Crippen LogP contribution in [0.1, 0.15) is 24.8 Å². The van der Waals surface area contributed by atoms with Crippen molar-refractivity contribution in [3.05, 3.63) is 22.4 Å². The molecule has 1 spiro atoms. The lowest BCUT2D eigenvalue weighted by Crippen LogP contribution is -2.40. The normalized spacial score (nSPS) is 23.6. The summed E-state index contributed by atoms with van der Waals surface area (Å²) in [4.78, 5) is 25.7. The molecule has 4 nitrogen and oxygen atoms in total. The molecule has 2 fully saturated rings. The molecular weight excluding hydrogens is 274 g/mol. The average Bonchev–Trinajstić information content (AvgIpc) is 2.91. The van der Waals surface area contributed by atoms with Crippen molar-refractivity contribution in [2.45, 2.75) is 25.7 Å². The number of amides is 1. The quantitative estimate of drug-likeness (QED) is 0.802. The zero-order chi connectivity index (χ0) is 14.2. The van der Waals surface area contributed by atoms with Crippen LogP contribution in [-0.2, 0) is 20.7 Å². The van der Waals surface area contributed by atoms with E-state index in [-0.39, 0.29) is 23.2 Å². The zero-order valence-electron chi connectivity index (χ0n) is 11.6. The summed E-state index contributed by atoms with van der Waals surface area (Å²) >= 11 is 1.62. The number of carbonyl (C=O) groups excluding carboxylic acids is 2. The number of nitrogens with zero attached hydrogens (tertiary/aromatic N) is 1. The van der Waals surface area contributed by atoms with Crippen LogP contribution in [0.25, 0.3) is 0 Å². The topological polar surface area (TPSA) is 46.6 Å². The molecule has 1 aromatic rings. The van der Waals surface area contributed by atoms with E-state index in [1.165, 1.54) is 7.11 Å². The summed E-state index contributed by atoms with van der Waals surface area (Å²) < 4.78 is 4.83. The van der Waals surface area contributed by atoms with Crippen LogP contribution in [-0.4, -0.2) is 37.0 Å². The Labute approximate surface area is 122 Å². The van der Waals surface area contributed by atoms with Crippen molar-refractivity contribution in [1.82, 2.24) is 4.90 Å². The van der Waals surface area contributed by atoms with Gasteiger partial charge in [0.15, 0.2) is 0 Å². The number of piperidine rings is 1. The van der Waals surface area contributed by atoms with E-state index in [1.807, 2.05) is 21.7 Å². The number of methoxy groups -OCH3 is 1. The third-order valence-electron chi connectivity index (χ3n) is 4.72. The molecule has 20 heavy (non-hydrogen) atoms. The van der Waals surface area contributed by atoms with Gasteiger partial charge in [0.2, 0.25) is 5.91 Å². The molecule has 1 amide bonds. The second kappa shape index (κ2) is 5.20. The Kier molecular flexibility index (Phi) is 3.54. The van der Waals surface area contributed by atoms with Gasteiger partial charge in [-0.25, -0.2) is 0 Å². The van der Waals surface area contributed by atoms with Crippen molar-refractivity contribution in [1.29, 1.82) is 0 Å². The van der Waals surface area contributed by atoms with Gasteiger partial charge in [0.1, 0.15) is 0 Å². The molecule has 0 bridgehead atoms. The molecule has 1 saturated heterocycles. The Morgan fingerprint density at radius 3 is 2.80 bits per heavy atom. The van der Waals surface area contributed by atoms with Gasteiger partial charge in [-0.2, -0.15) is 11.3 Å². The number of rotatable bonds is 3. The maximum absolute atomic E-state index is 12.2. The molecule has 1 aliphatic heterocycles. The van der Waals surface area contributed by atoms with Crippen LogP contribution in [0, 0.1) is 11.3 Å². The van der Waals surface area contributed by atoms with Gasteiger partial charge in [-0.3, -0.25) is 9.59 Å². The lowest BCUT2D eigenvalue weighted by Gasteiger charge is -2.32. The van der Waals surface area contributed by atoms with Gasteiger partial charge >= 0.3 is 5.97 Å². The van der Waals surface area contributed by atoms with Crippen molar-refractivity contribution < 1.29 is 14.3 Å². The molecule has 1 aliphatic carbocycles. The Bertz CT molecular complexity index is 503. The summed E-state index contributed by atoms with van der Waals surface area (Å²) in [6.07, 6.45) is 3.30. The second-order valence-electron chi connectivity index (χ2n) is 5.83. The van der Waals surface area contributed by atoms with Gasteiger partial charge in [-0.05, 0) is 47.1 Å². The van der Waals surface area contributed by atoms with Crippen molar-refractivity contribution in [2.75, 3.05) is 20.2 Å². The molecule has 108 valence electrons. The Morgan fingerprint density at radius 2 is 2.20 bits per heavy atom. The minimum absolute atomic E-state index is 0.0709. The van der Waals surface area contributed by atoms with Gasteiger partial charge in [0, 0.05) is 13.1 Å². The first-order chi connectivity index (χ1) is 9.64. The first kappa shape index (κ1) is 13.6. The first-order valence-corrected chi connectivity index (χ1v) is 7.95. The summed E-state index contributed by atoms with van der Waals surface area (Å²) in [6.45, 7) is 1.55. The predicted molar refractivity (Wildman–Crippen MR) is 76.4 cm³/mol. The van der Waals surface area contributed by atoms with Crippen LogP contribution < -0.4 is 0 Å². The maximum atomic E-state index is 12.2. The van der Waals surface area contributed by atoms with Gasteiger partial charge < -0.3 is 9.64 Å². The van der Waals surface area contributed by atoms with Crippen LogP contribution in [0.3, 0.4) is 0 Å². The maximum Gasteiger partial charge on any atom is 0.309 e. The third-order valence-corrected chi connectivity index (χ3v) is 5.45. The SMILES string of the molecule is COC(=O)[C@H]1CC12CCN(C(=O)Cc1ccsc1)CC2. The van der Waals surface area contributed by atoms with E-state index in [1.54, 1.807) is 11.3 Å². The molecule has 2 aliphatic rings. The van der Waals surface area contributed by atoms with Crippen molar-refractivity contribution >= 4 is 23.2 Å². The van der Waals surface area contributed by atoms with Crippen LogP contribution in [0.5, 0.6) is 0 Å². The van der Waals surface area contributed by atoms with E-state index in [4.69, 9.17) is 4.74 Å². The lowest BCUT2D eigenvalue weighted by atomic mass is 9.90. The lowest BCUT2D eigenvalue weighted by molar-refractivity contribution is -0.143. The fourth-order valence-corrected chi connectivity index (χ4v) is 3.93. The minimum atomic E-state index is -0.0805. The number of esters is 1. The zero-order valence-corrected chi connectivity index (χ0v) is 12.4. The summed E-state index contributed by atoms with van der Waals surface area (Å²) in [5.41, 5.74) is 1.23. The predicted octanol–water partition coefficient (Wildman–Crippen LogP) is 2.09. The Hall–Kier alpha value is -1.36. The Morgan fingerprint density at radius 1 is 1.45 bits per heavy atom. The van der Waals surface area contributed by atoms with Gasteiger partial charge in [0.05, 0.1) is 19.4 Å². The monoisotopic (exact) mass is 293 g/mol. The summed E-state index contributed by atoms with van der Waals surface area (Å²) in [6, 6.07) is 2.00. The van der Waals surface area contributed by atoms with E-state index < -0.39 is 0 Å². The van der Waals surface area contributed by atoms with E-state index in [2.05, 4.69) is 0 Å². The second-order valence-corrected chi connectivity index (χ2v) is 6.61. The molecule has 0 N–H and O–H groups in total. The van der Waals surface area contributed by atoms with Gasteiger partial charge in [-0.15, -0.1) is 0 Å². The summed E-state index contributed by atoms with van der Waals surface area (Å²) in [5.74, 6) is 0.193. The highest BCUT2D eigenvalue weighted by Crippen LogP contribution is 2.59. The molecule has 0 radical (unpaired) electrons. The first-order valence-electron chi connectivity index (χ1n) is 7.01. The fourth-order valence-electron chi connectivity index (χ4n) is 3.26. The number of hydrogen-bond donors (Lipinski definition) is 0. The molecular formula is C15H19NO3S. The van der Waals surface area contributed by atoms with Crippen LogP contribution >= 0.6 is 11.3 Å². The van der Waals surface area contributed by atoms with Gasteiger partial charge in [-0.1, -0.05) is 0 Å². The fraction of sp³-hybridized carbons (Fsp3) is 0.600. The molecule has 0 aromatic carbocycles. The average molecular weight is 293 g/mol. The van der Waals surface area contributed by atoms with E-state index in [0.29, 0.717) is 6.42 Å². The number of ether oxygens (including phenoxy) is 1. The number of thiophene rings is 1. The van der Waals surface area contributed by atoms with Crippen LogP contribution in [0.2, 0.25) is 0 Å². The molecule has 5 heteroatoms. The number of likely N-dealkylation sites (tertiary alicyclic amines) is 1.